The maximum atomic E-state index is 12.5. The second-order valence-corrected chi connectivity index (χ2v) is 7.62. The largest absolute Gasteiger partial charge is 0.381 e. The summed E-state index contributed by atoms with van der Waals surface area (Å²) >= 11 is 12.1. The third kappa shape index (κ3) is 4.79. The Labute approximate surface area is 159 Å². The van der Waals surface area contributed by atoms with Crippen molar-refractivity contribution in [2.45, 2.75) is 37.8 Å². The Morgan fingerprint density at radius 3 is 2.56 bits per heavy atom. The number of carbonyl (C=O) groups excluding carboxylic acids is 1. The fraction of sp³-hybridized carbons (Fsp3) is 0.611. The zero-order valence-electron chi connectivity index (χ0n) is 14.5. The van der Waals surface area contributed by atoms with Gasteiger partial charge in [0.25, 0.3) is 0 Å². The predicted molar refractivity (Wildman–Crippen MR) is 102 cm³/mol. The molecule has 0 spiro atoms. The van der Waals surface area contributed by atoms with Gasteiger partial charge in [-0.2, -0.15) is 0 Å². The molecule has 2 amide bonds. The van der Waals surface area contributed by atoms with Gasteiger partial charge in [0.1, 0.15) is 0 Å². The van der Waals surface area contributed by atoms with Gasteiger partial charge in [-0.25, -0.2) is 4.79 Å². The maximum absolute atomic E-state index is 12.5. The summed E-state index contributed by atoms with van der Waals surface area (Å²) in [7, 11) is 1.85. The molecule has 0 saturated carbocycles. The summed E-state index contributed by atoms with van der Waals surface area (Å²) in [5, 5.41) is 3.90. The minimum atomic E-state index is -0.145. The highest BCUT2D eigenvalue weighted by molar-refractivity contribution is 6.35. The molecule has 7 heteroatoms. The fourth-order valence-electron chi connectivity index (χ4n) is 3.65. The van der Waals surface area contributed by atoms with E-state index in [2.05, 4.69) is 10.2 Å². The Hall–Kier alpha value is -1.01. The van der Waals surface area contributed by atoms with E-state index in [-0.39, 0.29) is 12.1 Å². The summed E-state index contributed by atoms with van der Waals surface area (Å²) in [4.78, 5) is 16.9. The summed E-state index contributed by atoms with van der Waals surface area (Å²) in [6, 6.07) is 5.80. The van der Waals surface area contributed by atoms with Crippen LogP contribution in [0.4, 0.5) is 10.5 Å². The molecule has 2 aliphatic heterocycles. The van der Waals surface area contributed by atoms with Gasteiger partial charge in [0.2, 0.25) is 0 Å². The van der Waals surface area contributed by atoms with Gasteiger partial charge in [-0.1, -0.05) is 23.2 Å². The summed E-state index contributed by atoms with van der Waals surface area (Å²) in [6.45, 7) is 3.80. The number of amides is 2. The first-order valence-corrected chi connectivity index (χ1v) is 9.61. The summed E-state index contributed by atoms with van der Waals surface area (Å²) in [6.07, 6.45) is 4.22. The molecule has 1 N–H and O–H groups in total. The van der Waals surface area contributed by atoms with Crippen LogP contribution in [0.25, 0.3) is 0 Å². The SMILES string of the molecule is CN(C(=O)Nc1cc(Cl)ccc1Cl)C1CCN(C2CCOCC2)CC1. The number of likely N-dealkylation sites (tertiary alicyclic amines) is 1. The zero-order valence-corrected chi connectivity index (χ0v) is 16.0. The molecule has 1 aromatic rings. The number of nitrogens with zero attached hydrogens (tertiary/aromatic N) is 2. The molecule has 2 heterocycles. The Balaban J connectivity index is 1.52. The van der Waals surface area contributed by atoms with Gasteiger partial charge >= 0.3 is 6.03 Å². The lowest BCUT2D eigenvalue weighted by Gasteiger charge is -2.41. The molecule has 0 aliphatic carbocycles. The summed E-state index contributed by atoms with van der Waals surface area (Å²) in [5.74, 6) is 0. The number of urea groups is 1. The van der Waals surface area contributed by atoms with Crippen LogP contribution in [0.2, 0.25) is 10.0 Å². The van der Waals surface area contributed by atoms with E-state index in [1.165, 1.54) is 0 Å². The van der Waals surface area contributed by atoms with Crippen molar-refractivity contribution in [3.8, 4) is 0 Å². The van der Waals surface area contributed by atoms with E-state index in [9.17, 15) is 4.79 Å². The normalized spacial score (nSPS) is 20.4. The van der Waals surface area contributed by atoms with Crippen molar-refractivity contribution in [2.24, 2.45) is 0 Å². The number of rotatable bonds is 3. The zero-order chi connectivity index (χ0) is 17.8. The summed E-state index contributed by atoms with van der Waals surface area (Å²) < 4.78 is 5.45. The number of hydrogen-bond acceptors (Lipinski definition) is 3. The Morgan fingerprint density at radius 2 is 1.88 bits per heavy atom. The van der Waals surface area contributed by atoms with Gasteiger partial charge in [0.15, 0.2) is 0 Å². The van der Waals surface area contributed by atoms with E-state index in [1.807, 2.05) is 7.05 Å². The number of halogens is 2. The Bertz CT molecular complexity index is 600. The summed E-state index contributed by atoms with van der Waals surface area (Å²) in [5.41, 5.74) is 0.547. The van der Waals surface area contributed by atoms with Gasteiger partial charge < -0.3 is 19.9 Å². The number of nitrogens with one attached hydrogen (secondary N) is 1. The molecule has 0 bridgehead atoms. The number of carbonyl (C=O) groups is 1. The lowest BCUT2D eigenvalue weighted by atomic mass is 9.99. The quantitative estimate of drug-likeness (QED) is 0.851. The molecular weight excluding hydrogens is 361 g/mol. The van der Waals surface area contributed by atoms with Gasteiger partial charge in [-0.15, -0.1) is 0 Å². The molecule has 2 aliphatic rings. The van der Waals surface area contributed by atoms with Crippen LogP contribution in [0.1, 0.15) is 25.7 Å². The van der Waals surface area contributed by atoms with Crippen LogP contribution >= 0.6 is 23.2 Å². The van der Waals surface area contributed by atoms with E-state index in [0.717, 1.165) is 52.0 Å². The third-order valence-electron chi connectivity index (χ3n) is 5.24. The van der Waals surface area contributed by atoms with Crippen LogP contribution in [0.5, 0.6) is 0 Å². The van der Waals surface area contributed by atoms with Gasteiger partial charge in [-0.05, 0) is 43.9 Å². The molecule has 2 fully saturated rings. The molecule has 0 atom stereocenters. The highest BCUT2D eigenvalue weighted by Crippen LogP contribution is 2.27. The Morgan fingerprint density at radius 1 is 1.20 bits per heavy atom. The number of hydrogen-bond donors (Lipinski definition) is 1. The first-order valence-electron chi connectivity index (χ1n) is 8.85. The van der Waals surface area contributed by atoms with Crippen LogP contribution in [0.3, 0.4) is 0 Å². The number of piperidine rings is 1. The van der Waals surface area contributed by atoms with Crippen LogP contribution in [-0.4, -0.2) is 61.3 Å². The Kier molecular flexibility index (Phi) is 6.44. The fourth-order valence-corrected chi connectivity index (χ4v) is 3.99. The second kappa shape index (κ2) is 8.58. The number of benzene rings is 1. The van der Waals surface area contributed by atoms with Crippen LogP contribution in [0, 0.1) is 0 Å². The molecule has 0 aromatic heterocycles. The molecule has 0 unspecified atom stereocenters. The van der Waals surface area contributed by atoms with Crippen LogP contribution in [-0.2, 0) is 4.74 Å². The lowest BCUT2D eigenvalue weighted by molar-refractivity contribution is 0.0190. The highest BCUT2D eigenvalue weighted by atomic mass is 35.5. The minimum absolute atomic E-state index is 0.145. The van der Waals surface area contributed by atoms with Gasteiger partial charge in [0.05, 0.1) is 10.7 Å². The monoisotopic (exact) mass is 385 g/mol. The topological polar surface area (TPSA) is 44.8 Å². The lowest BCUT2D eigenvalue weighted by Crippen LogP contribution is -2.50. The van der Waals surface area contributed by atoms with Crippen molar-refractivity contribution in [3.05, 3.63) is 28.2 Å². The van der Waals surface area contributed by atoms with E-state index in [0.29, 0.717) is 21.8 Å². The van der Waals surface area contributed by atoms with Crippen molar-refractivity contribution in [3.63, 3.8) is 0 Å². The van der Waals surface area contributed by atoms with Crippen molar-refractivity contribution in [2.75, 3.05) is 38.7 Å². The van der Waals surface area contributed by atoms with Crippen molar-refractivity contribution < 1.29 is 9.53 Å². The third-order valence-corrected chi connectivity index (χ3v) is 5.81. The molecule has 2 saturated heterocycles. The molecular formula is C18H25Cl2N3O2. The van der Waals surface area contributed by atoms with Gasteiger partial charge in [0, 0.05) is 50.5 Å². The van der Waals surface area contributed by atoms with E-state index in [4.69, 9.17) is 27.9 Å². The van der Waals surface area contributed by atoms with E-state index >= 15 is 0 Å². The molecule has 25 heavy (non-hydrogen) atoms. The van der Waals surface area contributed by atoms with E-state index in [1.54, 1.807) is 23.1 Å². The van der Waals surface area contributed by atoms with E-state index < -0.39 is 0 Å². The second-order valence-electron chi connectivity index (χ2n) is 6.78. The van der Waals surface area contributed by atoms with Crippen LogP contribution < -0.4 is 5.32 Å². The van der Waals surface area contributed by atoms with Gasteiger partial charge in [-0.3, -0.25) is 0 Å². The van der Waals surface area contributed by atoms with Crippen molar-refractivity contribution in [1.82, 2.24) is 9.80 Å². The average Bonchev–Trinajstić information content (AvgIpc) is 2.65. The molecule has 0 radical (unpaired) electrons. The molecule has 3 rings (SSSR count). The van der Waals surface area contributed by atoms with Crippen molar-refractivity contribution in [1.29, 1.82) is 0 Å². The first kappa shape index (κ1) is 18.8. The predicted octanol–water partition coefficient (Wildman–Crippen LogP) is 4.10. The standard InChI is InChI=1S/C18H25Cl2N3O2/c1-22(18(24)21-17-12-13(19)2-3-16(17)20)14-4-8-23(9-5-14)15-6-10-25-11-7-15/h2-3,12,14-15H,4-11H2,1H3,(H,21,24). The average molecular weight is 386 g/mol. The molecule has 5 nitrogen and oxygen atoms in total. The maximum Gasteiger partial charge on any atom is 0.321 e. The van der Waals surface area contributed by atoms with Crippen molar-refractivity contribution >= 4 is 34.9 Å². The smallest absolute Gasteiger partial charge is 0.321 e. The number of ether oxygens (including phenoxy) is 1. The first-order chi connectivity index (χ1) is 12.0. The molecule has 1 aromatic carbocycles. The minimum Gasteiger partial charge on any atom is -0.381 e. The highest BCUT2D eigenvalue weighted by Gasteiger charge is 2.29. The number of anilines is 1. The molecule has 138 valence electrons. The van der Waals surface area contributed by atoms with Crippen LogP contribution in [0.15, 0.2) is 18.2 Å².